The van der Waals surface area contributed by atoms with Crippen molar-refractivity contribution in [1.29, 1.82) is 0 Å². The highest BCUT2D eigenvalue weighted by Crippen LogP contribution is 2.36. The zero-order chi connectivity index (χ0) is 16.8. The maximum Gasteiger partial charge on any atom is 0.347 e. The Balaban J connectivity index is 2.09. The van der Waals surface area contributed by atoms with Gasteiger partial charge in [-0.15, -0.1) is 0 Å². The third kappa shape index (κ3) is 4.39. The number of ether oxygens (including phenoxy) is 4. The standard InChI is InChI=1S/C16H17ClO6/c1-3-21-13-9-10(8-11(17)15(13)20-2)4-5-14(18)23-12-6-7-22-16(12)19/h4-5,8-9,12H,3,6-7H2,1-2H3/b5-4+/t12-/m0/s1. The monoisotopic (exact) mass is 340 g/mol. The van der Waals surface area contributed by atoms with Crippen molar-refractivity contribution in [2.45, 2.75) is 19.4 Å². The topological polar surface area (TPSA) is 71.1 Å². The molecule has 0 aromatic heterocycles. The zero-order valence-corrected chi connectivity index (χ0v) is 13.6. The smallest absolute Gasteiger partial charge is 0.347 e. The Kier molecular flexibility index (Phi) is 5.87. The van der Waals surface area contributed by atoms with E-state index < -0.39 is 18.0 Å². The maximum absolute atomic E-state index is 11.7. The molecule has 1 aliphatic heterocycles. The second kappa shape index (κ2) is 7.87. The highest BCUT2D eigenvalue weighted by molar-refractivity contribution is 6.32. The molecule has 0 radical (unpaired) electrons. The van der Waals surface area contributed by atoms with Crippen molar-refractivity contribution in [2.75, 3.05) is 20.3 Å². The van der Waals surface area contributed by atoms with E-state index in [0.29, 0.717) is 35.1 Å². The molecule has 7 heteroatoms. The van der Waals surface area contributed by atoms with E-state index >= 15 is 0 Å². The Morgan fingerprint density at radius 2 is 2.26 bits per heavy atom. The SMILES string of the molecule is CCOc1cc(/C=C/C(=O)O[C@H]2CCOC2=O)cc(Cl)c1OC. The Morgan fingerprint density at radius 3 is 2.87 bits per heavy atom. The number of hydrogen-bond acceptors (Lipinski definition) is 6. The molecule has 0 saturated carbocycles. The number of carbonyl (C=O) groups excluding carboxylic acids is 2. The van der Waals surface area contributed by atoms with Gasteiger partial charge in [0.1, 0.15) is 0 Å². The van der Waals surface area contributed by atoms with Crippen LogP contribution >= 0.6 is 11.6 Å². The van der Waals surface area contributed by atoms with Crippen molar-refractivity contribution in [3.05, 3.63) is 28.8 Å². The van der Waals surface area contributed by atoms with Crippen LogP contribution in [0.15, 0.2) is 18.2 Å². The average molecular weight is 341 g/mol. The minimum Gasteiger partial charge on any atom is -0.491 e. The van der Waals surface area contributed by atoms with Gasteiger partial charge >= 0.3 is 11.9 Å². The summed E-state index contributed by atoms with van der Waals surface area (Å²) in [5.74, 6) is -0.228. The van der Waals surface area contributed by atoms with Crippen molar-refractivity contribution in [1.82, 2.24) is 0 Å². The normalized spacial score (nSPS) is 17.2. The summed E-state index contributed by atoms with van der Waals surface area (Å²) in [7, 11) is 1.50. The maximum atomic E-state index is 11.7. The largest absolute Gasteiger partial charge is 0.491 e. The lowest BCUT2D eigenvalue weighted by molar-refractivity contribution is -0.156. The minimum atomic E-state index is -0.828. The molecule has 1 aromatic carbocycles. The molecule has 6 nitrogen and oxygen atoms in total. The molecule has 1 fully saturated rings. The molecule has 124 valence electrons. The molecule has 1 heterocycles. The van der Waals surface area contributed by atoms with E-state index in [-0.39, 0.29) is 6.61 Å². The van der Waals surface area contributed by atoms with Crippen molar-refractivity contribution in [3.8, 4) is 11.5 Å². The molecule has 0 aliphatic carbocycles. The second-order valence-corrected chi connectivity index (χ2v) is 5.09. The van der Waals surface area contributed by atoms with Gasteiger partial charge in [-0.05, 0) is 30.7 Å². The lowest BCUT2D eigenvalue weighted by Crippen LogP contribution is -2.21. The van der Waals surface area contributed by atoms with Gasteiger partial charge in [-0.2, -0.15) is 0 Å². The van der Waals surface area contributed by atoms with E-state index in [1.54, 1.807) is 12.1 Å². The molecule has 2 rings (SSSR count). The summed E-state index contributed by atoms with van der Waals surface area (Å²) in [4.78, 5) is 23.0. The second-order valence-electron chi connectivity index (χ2n) is 4.68. The molecule has 23 heavy (non-hydrogen) atoms. The van der Waals surface area contributed by atoms with Crippen LogP contribution in [0.3, 0.4) is 0 Å². The van der Waals surface area contributed by atoms with Crippen molar-refractivity contribution in [2.24, 2.45) is 0 Å². The first-order valence-electron chi connectivity index (χ1n) is 7.10. The summed E-state index contributed by atoms with van der Waals surface area (Å²) >= 11 is 6.13. The fourth-order valence-corrected chi connectivity index (χ4v) is 2.37. The van der Waals surface area contributed by atoms with Crippen LogP contribution in [0, 0.1) is 0 Å². The van der Waals surface area contributed by atoms with E-state index in [0.717, 1.165) is 0 Å². The first kappa shape index (κ1) is 17.1. The molecule has 1 saturated heterocycles. The van der Waals surface area contributed by atoms with E-state index in [1.807, 2.05) is 6.92 Å². The number of halogens is 1. The molecule has 0 amide bonds. The highest BCUT2D eigenvalue weighted by Gasteiger charge is 2.29. The highest BCUT2D eigenvalue weighted by atomic mass is 35.5. The molecule has 0 spiro atoms. The van der Waals surface area contributed by atoms with Crippen LogP contribution in [-0.4, -0.2) is 38.4 Å². The summed E-state index contributed by atoms with van der Waals surface area (Å²) in [6.07, 6.45) is 2.29. The van der Waals surface area contributed by atoms with E-state index in [1.165, 1.54) is 19.3 Å². The van der Waals surface area contributed by atoms with Gasteiger partial charge in [0.25, 0.3) is 0 Å². The first-order chi connectivity index (χ1) is 11.0. The van der Waals surface area contributed by atoms with Gasteiger partial charge in [-0.3, -0.25) is 0 Å². The molecule has 1 aromatic rings. The molecule has 0 N–H and O–H groups in total. The Morgan fingerprint density at radius 1 is 1.48 bits per heavy atom. The fraction of sp³-hybridized carbons (Fsp3) is 0.375. The fourth-order valence-electron chi connectivity index (χ4n) is 2.07. The van der Waals surface area contributed by atoms with Gasteiger partial charge in [-0.25, -0.2) is 9.59 Å². The number of esters is 2. The lowest BCUT2D eigenvalue weighted by Gasteiger charge is -2.11. The molecule has 1 aliphatic rings. The van der Waals surface area contributed by atoms with Crippen LogP contribution in [0.4, 0.5) is 0 Å². The molecule has 0 unspecified atom stereocenters. The Hall–Kier alpha value is -2.21. The summed E-state index contributed by atoms with van der Waals surface area (Å²) in [5, 5.41) is 0.367. The molecule has 0 bridgehead atoms. The van der Waals surface area contributed by atoms with E-state index in [9.17, 15) is 9.59 Å². The van der Waals surface area contributed by atoms with Crippen molar-refractivity contribution < 1.29 is 28.5 Å². The van der Waals surface area contributed by atoms with Crippen LogP contribution in [0.2, 0.25) is 5.02 Å². The third-order valence-corrected chi connectivity index (χ3v) is 3.37. The molecular weight excluding hydrogens is 324 g/mol. The van der Waals surface area contributed by atoms with Crippen molar-refractivity contribution in [3.63, 3.8) is 0 Å². The summed E-state index contributed by atoms with van der Waals surface area (Å²) in [6.45, 7) is 2.56. The van der Waals surface area contributed by atoms with Crippen LogP contribution in [0.5, 0.6) is 11.5 Å². The lowest BCUT2D eigenvalue weighted by atomic mass is 10.2. The first-order valence-corrected chi connectivity index (χ1v) is 7.48. The Bertz CT molecular complexity index is 625. The van der Waals surface area contributed by atoms with Crippen LogP contribution in [-0.2, 0) is 19.1 Å². The Labute approximate surface area is 138 Å². The average Bonchev–Trinajstić information content (AvgIpc) is 2.90. The van der Waals surface area contributed by atoms with Gasteiger partial charge in [0.2, 0.25) is 6.10 Å². The van der Waals surface area contributed by atoms with E-state index in [4.69, 9.17) is 30.5 Å². The zero-order valence-electron chi connectivity index (χ0n) is 12.8. The number of cyclic esters (lactones) is 1. The summed E-state index contributed by atoms with van der Waals surface area (Å²) < 4.78 is 20.4. The van der Waals surface area contributed by atoms with E-state index in [2.05, 4.69) is 0 Å². The minimum absolute atomic E-state index is 0.270. The van der Waals surface area contributed by atoms with Gasteiger partial charge in [0, 0.05) is 12.5 Å². The van der Waals surface area contributed by atoms with Crippen LogP contribution < -0.4 is 9.47 Å². The predicted molar refractivity (Wildman–Crippen MR) is 83.7 cm³/mol. The van der Waals surface area contributed by atoms with Crippen molar-refractivity contribution >= 4 is 29.6 Å². The number of benzene rings is 1. The summed E-state index contributed by atoms with van der Waals surface area (Å²) in [6, 6.07) is 3.33. The quantitative estimate of drug-likeness (QED) is 0.585. The van der Waals surface area contributed by atoms with Gasteiger partial charge in [0.15, 0.2) is 11.5 Å². The van der Waals surface area contributed by atoms with Crippen LogP contribution in [0.1, 0.15) is 18.9 Å². The number of rotatable bonds is 6. The van der Waals surface area contributed by atoms with Gasteiger partial charge < -0.3 is 18.9 Å². The van der Waals surface area contributed by atoms with Gasteiger partial charge in [0.05, 0.1) is 25.3 Å². The van der Waals surface area contributed by atoms with Gasteiger partial charge in [-0.1, -0.05) is 11.6 Å². The number of carbonyl (C=O) groups is 2. The van der Waals surface area contributed by atoms with Crippen LogP contribution in [0.25, 0.3) is 6.08 Å². The predicted octanol–water partition coefficient (Wildman–Crippen LogP) is 2.62. The number of hydrogen-bond donors (Lipinski definition) is 0. The molecular formula is C16H17ClO6. The molecule has 1 atom stereocenters. The summed E-state index contributed by atoms with van der Waals surface area (Å²) in [5.41, 5.74) is 0.644. The number of methoxy groups -OCH3 is 1. The third-order valence-electron chi connectivity index (χ3n) is 3.09.